The maximum atomic E-state index is 13.8. The minimum atomic E-state index is 0.0727. The van der Waals surface area contributed by atoms with Crippen LogP contribution in [0.25, 0.3) is 0 Å². The van der Waals surface area contributed by atoms with Gasteiger partial charge in [0.2, 0.25) is 5.91 Å². The van der Waals surface area contributed by atoms with Gasteiger partial charge in [0, 0.05) is 55.2 Å². The minimum absolute atomic E-state index is 0.0727. The lowest BCUT2D eigenvalue weighted by molar-refractivity contribution is -0.125. The molecule has 2 aliphatic heterocycles. The van der Waals surface area contributed by atoms with E-state index in [1.54, 1.807) is 0 Å². The highest BCUT2D eigenvalue weighted by molar-refractivity contribution is 5.96. The number of aromatic nitrogens is 2. The second-order valence-electron chi connectivity index (χ2n) is 12.2. The van der Waals surface area contributed by atoms with E-state index in [4.69, 9.17) is 0 Å². The molecule has 1 saturated carbocycles. The number of carbonyl (C=O) groups excluding carboxylic acids is 2. The van der Waals surface area contributed by atoms with Crippen LogP contribution < -0.4 is 4.90 Å². The number of ketones is 1. The molecular formula is C31H44N4O2. The summed E-state index contributed by atoms with van der Waals surface area (Å²) < 4.78 is 1.95. The van der Waals surface area contributed by atoms with E-state index in [1.165, 1.54) is 11.3 Å². The molecule has 0 spiro atoms. The average molecular weight is 505 g/mol. The molecule has 0 bridgehead atoms. The number of rotatable bonds is 7. The van der Waals surface area contributed by atoms with Crippen molar-refractivity contribution < 1.29 is 9.59 Å². The van der Waals surface area contributed by atoms with Crippen LogP contribution in [0.2, 0.25) is 0 Å². The van der Waals surface area contributed by atoms with Gasteiger partial charge in [-0.2, -0.15) is 5.10 Å². The number of hydrogen-bond donors (Lipinski definition) is 0. The highest BCUT2D eigenvalue weighted by Crippen LogP contribution is 2.37. The first-order valence-electron chi connectivity index (χ1n) is 14.5. The molecule has 3 aliphatic rings. The van der Waals surface area contributed by atoms with Gasteiger partial charge in [-0.15, -0.1) is 0 Å². The van der Waals surface area contributed by atoms with Gasteiger partial charge in [0.1, 0.15) is 5.78 Å². The van der Waals surface area contributed by atoms with E-state index < -0.39 is 0 Å². The molecule has 6 heteroatoms. The van der Waals surface area contributed by atoms with Gasteiger partial charge in [0.05, 0.1) is 12.7 Å². The summed E-state index contributed by atoms with van der Waals surface area (Å²) >= 11 is 0. The van der Waals surface area contributed by atoms with Crippen molar-refractivity contribution >= 4 is 17.4 Å². The zero-order chi connectivity index (χ0) is 25.9. The summed E-state index contributed by atoms with van der Waals surface area (Å²) in [6.07, 6.45) is 10.5. The number of piperidine rings is 1. The summed E-state index contributed by atoms with van der Waals surface area (Å²) in [5.41, 5.74) is 4.59. The number of hydrogen-bond acceptors (Lipinski definition) is 4. The lowest BCUT2D eigenvalue weighted by Gasteiger charge is -2.33. The molecule has 0 N–H and O–H groups in total. The number of benzene rings is 1. The highest BCUT2D eigenvalue weighted by atomic mass is 16.2. The lowest BCUT2D eigenvalue weighted by atomic mass is 9.78. The Labute approximate surface area is 222 Å². The van der Waals surface area contributed by atoms with Crippen LogP contribution >= 0.6 is 0 Å². The fraction of sp³-hybridized carbons (Fsp3) is 0.645. The van der Waals surface area contributed by atoms with Gasteiger partial charge in [0.25, 0.3) is 0 Å². The molecule has 200 valence electrons. The molecule has 0 radical (unpaired) electrons. The van der Waals surface area contributed by atoms with Crippen LogP contribution in [-0.4, -0.2) is 46.0 Å². The van der Waals surface area contributed by atoms with E-state index in [0.29, 0.717) is 24.2 Å². The van der Waals surface area contributed by atoms with Crippen LogP contribution in [0.15, 0.2) is 30.5 Å². The van der Waals surface area contributed by atoms with E-state index in [-0.39, 0.29) is 17.7 Å². The van der Waals surface area contributed by atoms with Crippen LogP contribution in [0, 0.1) is 23.7 Å². The van der Waals surface area contributed by atoms with Crippen molar-refractivity contribution in [2.45, 2.75) is 78.2 Å². The predicted molar refractivity (Wildman–Crippen MR) is 147 cm³/mol. The Hall–Kier alpha value is -2.47. The zero-order valence-corrected chi connectivity index (χ0v) is 23.0. The van der Waals surface area contributed by atoms with Gasteiger partial charge >= 0.3 is 0 Å². The van der Waals surface area contributed by atoms with E-state index in [9.17, 15) is 9.59 Å². The second kappa shape index (κ2) is 11.5. The summed E-state index contributed by atoms with van der Waals surface area (Å²) in [4.78, 5) is 31.2. The standard InChI is InChI=1S/C31H44N4O2/c1-22(2)20-34-16-14-24(15-17-34)30(36)13-10-23-8-11-25(12-9-23)31(37)35-21-27-19-32-33(3)29(27)18-26-6-4-5-7-28(26)35/h4-7,19,22-25H,8-18,20-21H2,1-3H3. The number of fused-ring (bicyclic) bond motifs is 2. The minimum Gasteiger partial charge on any atom is -0.307 e. The van der Waals surface area contributed by atoms with Crippen molar-refractivity contribution in [1.82, 2.24) is 14.7 Å². The Kier molecular flexibility index (Phi) is 8.13. The number of anilines is 1. The van der Waals surface area contributed by atoms with Crippen LogP contribution in [-0.2, 0) is 29.6 Å². The molecule has 1 aromatic heterocycles. The number of likely N-dealkylation sites (tertiary alicyclic amines) is 1. The van der Waals surface area contributed by atoms with Crippen LogP contribution in [0.5, 0.6) is 0 Å². The van der Waals surface area contributed by atoms with Crippen molar-refractivity contribution in [2.75, 3.05) is 24.5 Å². The second-order valence-corrected chi connectivity index (χ2v) is 12.2. The SMILES string of the molecule is CC(C)CN1CCC(C(=O)CCC2CCC(C(=O)N3Cc4cnn(C)c4Cc4ccccc43)CC2)CC1. The Morgan fingerprint density at radius 1 is 0.973 bits per heavy atom. The fourth-order valence-electron chi connectivity index (χ4n) is 6.85. The first kappa shape index (κ1) is 26.1. The van der Waals surface area contributed by atoms with Crippen molar-refractivity contribution in [2.24, 2.45) is 30.7 Å². The van der Waals surface area contributed by atoms with Crippen LogP contribution in [0.1, 0.15) is 82.0 Å². The number of para-hydroxylation sites is 1. The van der Waals surface area contributed by atoms with Gasteiger partial charge < -0.3 is 9.80 Å². The maximum absolute atomic E-state index is 13.8. The molecule has 37 heavy (non-hydrogen) atoms. The lowest BCUT2D eigenvalue weighted by Crippen LogP contribution is -2.38. The largest absolute Gasteiger partial charge is 0.307 e. The van der Waals surface area contributed by atoms with Gasteiger partial charge in [-0.05, 0) is 81.5 Å². The van der Waals surface area contributed by atoms with E-state index in [2.05, 4.69) is 42.0 Å². The van der Waals surface area contributed by atoms with Crippen LogP contribution in [0.3, 0.4) is 0 Å². The molecule has 1 amide bonds. The highest BCUT2D eigenvalue weighted by Gasteiger charge is 2.33. The third-order valence-electron chi connectivity index (χ3n) is 9.04. The molecule has 3 heterocycles. The van der Waals surface area contributed by atoms with Gasteiger partial charge in [-0.25, -0.2) is 0 Å². The van der Waals surface area contributed by atoms with Gasteiger partial charge in [0.15, 0.2) is 0 Å². The van der Waals surface area contributed by atoms with Crippen LogP contribution in [0.4, 0.5) is 5.69 Å². The monoisotopic (exact) mass is 504 g/mol. The molecule has 2 fully saturated rings. The Morgan fingerprint density at radius 3 is 2.43 bits per heavy atom. The average Bonchev–Trinajstić information content (AvgIpc) is 3.15. The molecule has 1 aliphatic carbocycles. The van der Waals surface area contributed by atoms with Gasteiger partial charge in [-0.1, -0.05) is 32.0 Å². The molecule has 0 unspecified atom stereocenters. The normalized spacial score (nSPS) is 23.0. The molecule has 1 saturated heterocycles. The van der Waals surface area contributed by atoms with Crippen molar-refractivity contribution in [3.05, 3.63) is 47.3 Å². The van der Waals surface area contributed by atoms with E-state index in [1.807, 2.05) is 28.9 Å². The van der Waals surface area contributed by atoms with Crippen molar-refractivity contribution in [3.8, 4) is 0 Å². The fourth-order valence-corrected chi connectivity index (χ4v) is 6.85. The third kappa shape index (κ3) is 6.00. The first-order valence-corrected chi connectivity index (χ1v) is 14.5. The number of Topliss-reactive ketones (excluding diaryl/α,β-unsaturated/α-hetero) is 1. The molecular weight excluding hydrogens is 460 g/mol. The van der Waals surface area contributed by atoms with E-state index in [0.717, 1.165) is 88.7 Å². The summed E-state index contributed by atoms with van der Waals surface area (Å²) in [7, 11) is 1.99. The Bertz CT molecular complexity index is 1090. The summed E-state index contributed by atoms with van der Waals surface area (Å²) in [5, 5.41) is 4.46. The number of amides is 1. The third-order valence-corrected chi connectivity index (χ3v) is 9.04. The number of aryl methyl sites for hydroxylation is 1. The van der Waals surface area contributed by atoms with Gasteiger partial charge in [-0.3, -0.25) is 14.3 Å². The quantitative estimate of drug-likeness (QED) is 0.508. The predicted octanol–water partition coefficient (Wildman–Crippen LogP) is 5.38. The zero-order valence-electron chi connectivity index (χ0n) is 23.0. The summed E-state index contributed by atoms with van der Waals surface area (Å²) in [6, 6.07) is 8.33. The van der Waals surface area contributed by atoms with Crippen molar-refractivity contribution in [1.29, 1.82) is 0 Å². The topological polar surface area (TPSA) is 58.4 Å². The number of carbonyl (C=O) groups is 2. The smallest absolute Gasteiger partial charge is 0.230 e. The summed E-state index contributed by atoms with van der Waals surface area (Å²) in [6.45, 7) is 8.42. The Balaban J connectivity index is 1.12. The first-order chi connectivity index (χ1) is 17.9. The number of nitrogens with zero attached hydrogens (tertiary/aromatic N) is 4. The molecule has 6 nitrogen and oxygen atoms in total. The molecule has 2 aromatic rings. The summed E-state index contributed by atoms with van der Waals surface area (Å²) in [5.74, 6) is 2.35. The van der Waals surface area contributed by atoms with E-state index >= 15 is 0 Å². The maximum Gasteiger partial charge on any atom is 0.230 e. The van der Waals surface area contributed by atoms with Crippen molar-refractivity contribution in [3.63, 3.8) is 0 Å². The molecule has 0 atom stereocenters. The molecule has 5 rings (SSSR count). The molecule has 1 aromatic carbocycles. The Morgan fingerprint density at radius 2 is 1.70 bits per heavy atom.